The molecule has 1 aliphatic rings. The van der Waals surface area contributed by atoms with E-state index in [4.69, 9.17) is 0 Å². The lowest BCUT2D eigenvalue weighted by Crippen LogP contribution is -2.25. The van der Waals surface area contributed by atoms with Crippen molar-refractivity contribution < 1.29 is 18.0 Å². The Balaban J connectivity index is 2.44. The lowest BCUT2D eigenvalue weighted by Gasteiger charge is -2.23. The largest absolute Gasteiger partial charge is 0.418 e. The second kappa shape index (κ2) is 5.13. The highest BCUT2D eigenvalue weighted by Crippen LogP contribution is 2.33. The standard InChI is InChI=1S/C13H13F3N2O/c1-18-4-2-3-9(7-18)10-5-11(13(14,15)16)12(8-19)17-6-10/h3,5-6,8H,2,4,7H2,1H3. The molecule has 102 valence electrons. The SMILES string of the molecule is CN1CCC=C(c2cnc(C=O)c(C(F)(F)F)c2)C1. The average Bonchev–Trinajstić information content (AvgIpc) is 2.37. The van der Waals surface area contributed by atoms with Gasteiger partial charge in [-0.25, -0.2) is 0 Å². The number of aromatic nitrogens is 1. The fourth-order valence-electron chi connectivity index (χ4n) is 2.07. The van der Waals surface area contributed by atoms with Crippen LogP contribution in [0.3, 0.4) is 0 Å². The summed E-state index contributed by atoms with van der Waals surface area (Å²) in [5.41, 5.74) is -0.316. The summed E-state index contributed by atoms with van der Waals surface area (Å²) in [4.78, 5) is 16.3. The molecule has 0 spiro atoms. The number of carbonyl (C=O) groups excluding carboxylic acids is 1. The minimum atomic E-state index is -4.57. The maximum atomic E-state index is 12.8. The zero-order chi connectivity index (χ0) is 14.0. The number of pyridine rings is 1. The molecule has 0 saturated heterocycles. The first-order valence-electron chi connectivity index (χ1n) is 5.82. The molecular weight excluding hydrogens is 257 g/mol. The van der Waals surface area contributed by atoms with Gasteiger partial charge in [-0.1, -0.05) is 6.08 Å². The minimum Gasteiger partial charge on any atom is -0.302 e. The molecule has 0 bridgehead atoms. The van der Waals surface area contributed by atoms with Crippen LogP contribution in [-0.2, 0) is 6.18 Å². The van der Waals surface area contributed by atoms with Gasteiger partial charge in [-0.3, -0.25) is 9.78 Å². The van der Waals surface area contributed by atoms with Crippen LogP contribution in [0.4, 0.5) is 13.2 Å². The fourth-order valence-corrected chi connectivity index (χ4v) is 2.07. The lowest BCUT2D eigenvalue weighted by molar-refractivity contribution is -0.138. The Morgan fingerprint density at radius 1 is 1.42 bits per heavy atom. The molecule has 0 N–H and O–H groups in total. The molecule has 19 heavy (non-hydrogen) atoms. The van der Waals surface area contributed by atoms with E-state index in [-0.39, 0.29) is 6.29 Å². The Morgan fingerprint density at radius 3 is 2.74 bits per heavy atom. The van der Waals surface area contributed by atoms with Gasteiger partial charge in [0.1, 0.15) is 5.69 Å². The van der Waals surface area contributed by atoms with Crippen molar-refractivity contribution in [2.75, 3.05) is 20.1 Å². The first-order chi connectivity index (χ1) is 8.91. The van der Waals surface area contributed by atoms with E-state index >= 15 is 0 Å². The van der Waals surface area contributed by atoms with Crippen molar-refractivity contribution >= 4 is 11.9 Å². The highest BCUT2D eigenvalue weighted by atomic mass is 19.4. The zero-order valence-electron chi connectivity index (χ0n) is 10.4. The molecule has 0 aromatic carbocycles. The highest BCUT2D eigenvalue weighted by molar-refractivity contribution is 5.77. The quantitative estimate of drug-likeness (QED) is 0.774. The van der Waals surface area contributed by atoms with Gasteiger partial charge in [-0.05, 0) is 30.7 Å². The monoisotopic (exact) mass is 270 g/mol. The highest BCUT2D eigenvalue weighted by Gasteiger charge is 2.34. The van der Waals surface area contributed by atoms with Gasteiger partial charge in [0.15, 0.2) is 6.29 Å². The molecule has 2 rings (SSSR count). The molecule has 0 radical (unpaired) electrons. The van der Waals surface area contributed by atoms with E-state index in [2.05, 4.69) is 4.98 Å². The van der Waals surface area contributed by atoms with E-state index in [1.807, 2.05) is 18.0 Å². The van der Waals surface area contributed by atoms with Crippen molar-refractivity contribution in [1.82, 2.24) is 9.88 Å². The van der Waals surface area contributed by atoms with Gasteiger partial charge >= 0.3 is 6.18 Å². The molecule has 3 nitrogen and oxygen atoms in total. The number of carbonyl (C=O) groups is 1. The number of likely N-dealkylation sites (N-methyl/N-ethyl adjacent to an activating group) is 1. The maximum absolute atomic E-state index is 12.8. The molecule has 0 amide bonds. The lowest BCUT2D eigenvalue weighted by atomic mass is 10.0. The normalized spacial score (nSPS) is 17.2. The van der Waals surface area contributed by atoms with E-state index < -0.39 is 17.4 Å². The van der Waals surface area contributed by atoms with Crippen LogP contribution in [0, 0.1) is 0 Å². The number of aldehydes is 1. The second-order valence-electron chi connectivity index (χ2n) is 4.53. The molecular formula is C13H13F3N2O. The summed E-state index contributed by atoms with van der Waals surface area (Å²) in [5.74, 6) is 0. The Morgan fingerprint density at radius 2 is 2.16 bits per heavy atom. The third kappa shape index (κ3) is 3.01. The third-order valence-corrected chi connectivity index (χ3v) is 3.05. The average molecular weight is 270 g/mol. The first kappa shape index (κ1) is 13.7. The summed E-state index contributed by atoms with van der Waals surface area (Å²) in [6, 6.07) is 1.00. The van der Waals surface area contributed by atoms with Crippen molar-refractivity contribution in [2.45, 2.75) is 12.6 Å². The molecule has 0 aliphatic carbocycles. The minimum absolute atomic E-state index is 0.133. The van der Waals surface area contributed by atoms with E-state index in [1.165, 1.54) is 6.20 Å². The van der Waals surface area contributed by atoms with E-state index in [0.29, 0.717) is 12.1 Å². The van der Waals surface area contributed by atoms with Crippen LogP contribution in [0.5, 0.6) is 0 Å². The van der Waals surface area contributed by atoms with Gasteiger partial charge in [0.2, 0.25) is 0 Å². The zero-order valence-corrected chi connectivity index (χ0v) is 10.4. The van der Waals surface area contributed by atoms with Crippen molar-refractivity contribution in [3.63, 3.8) is 0 Å². The summed E-state index contributed by atoms with van der Waals surface area (Å²) >= 11 is 0. The molecule has 6 heteroatoms. The van der Waals surface area contributed by atoms with Gasteiger partial charge in [0.25, 0.3) is 0 Å². The van der Waals surface area contributed by atoms with E-state index in [0.717, 1.165) is 24.6 Å². The smallest absolute Gasteiger partial charge is 0.302 e. The molecule has 0 saturated carbocycles. The molecule has 0 atom stereocenters. The first-order valence-corrected chi connectivity index (χ1v) is 5.82. The van der Waals surface area contributed by atoms with Crippen LogP contribution in [0.15, 0.2) is 18.3 Å². The second-order valence-corrected chi connectivity index (χ2v) is 4.53. The van der Waals surface area contributed by atoms with Gasteiger partial charge in [0.05, 0.1) is 5.56 Å². The van der Waals surface area contributed by atoms with Crippen LogP contribution in [0.2, 0.25) is 0 Å². The molecule has 0 fully saturated rings. The van der Waals surface area contributed by atoms with Crippen molar-refractivity contribution in [1.29, 1.82) is 0 Å². The van der Waals surface area contributed by atoms with Gasteiger partial charge in [-0.15, -0.1) is 0 Å². The predicted molar refractivity (Wildman–Crippen MR) is 64.7 cm³/mol. The molecule has 2 heterocycles. The number of hydrogen-bond acceptors (Lipinski definition) is 3. The maximum Gasteiger partial charge on any atom is 0.418 e. The Kier molecular flexibility index (Phi) is 3.71. The van der Waals surface area contributed by atoms with Gasteiger partial charge < -0.3 is 4.90 Å². The summed E-state index contributed by atoms with van der Waals surface area (Å²) in [7, 11) is 1.91. The molecule has 1 aromatic heterocycles. The molecule has 0 unspecified atom stereocenters. The van der Waals surface area contributed by atoms with Crippen molar-refractivity contribution in [3.8, 4) is 0 Å². The van der Waals surface area contributed by atoms with Crippen LogP contribution in [0.1, 0.15) is 28.0 Å². The third-order valence-electron chi connectivity index (χ3n) is 3.05. The van der Waals surface area contributed by atoms with Gasteiger partial charge in [-0.2, -0.15) is 13.2 Å². The molecule has 1 aliphatic heterocycles. The Bertz CT molecular complexity index is 523. The Labute approximate surface area is 108 Å². The van der Waals surface area contributed by atoms with Crippen molar-refractivity contribution in [3.05, 3.63) is 35.2 Å². The number of alkyl halides is 3. The van der Waals surface area contributed by atoms with Gasteiger partial charge in [0, 0.05) is 19.3 Å². The number of rotatable bonds is 2. The summed E-state index contributed by atoms with van der Waals surface area (Å²) < 4.78 is 38.5. The summed E-state index contributed by atoms with van der Waals surface area (Å²) in [5, 5.41) is 0. The topological polar surface area (TPSA) is 33.2 Å². The summed E-state index contributed by atoms with van der Waals surface area (Å²) in [6.45, 7) is 1.47. The number of halogens is 3. The fraction of sp³-hybridized carbons (Fsp3) is 0.385. The number of hydrogen-bond donors (Lipinski definition) is 0. The van der Waals surface area contributed by atoms with Crippen molar-refractivity contribution in [2.24, 2.45) is 0 Å². The summed E-state index contributed by atoms with van der Waals surface area (Å²) in [6.07, 6.45) is -0.404. The van der Waals surface area contributed by atoms with E-state index in [1.54, 1.807) is 0 Å². The van der Waals surface area contributed by atoms with Crippen LogP contribution < -0.4 is 0 Å². The van der Waals surface area contributed by atoms with Crippen LogP contribution >= 0.6 is 0 Å². The van der Waals surface area contributed by atoms with E-state index in [9.17, 15) is 18.0 Å². The Hall–Kier alpha value is -1.69. The predicted octanol–water partition coefficient (Wildman–Crippen LogP) is 2.63. The van der Waals surface area contributed by atoms with Crippen LogP contribution in [-0.4, -0.2) is 36.3 Å². The number of nitrogens with zero attached hydrogens (tertiary/aromatic N) is 2. The van der Waals surface area contributed by atoms with Crippen LogP contribution in [0.25, 0.3) is 5.57 Å². The molecule has 1 aromatic rings.